The average molecular weight is 285 g/mol. The van der Waals surface area contributed by atoms with Crippen molar-refractivity contribution in [3.63, 3.8) is 0 Å². The molecule has 0 aliphatic carbocycles. The summed E-state index contributed by atoms with van der Waals surface area (Å²) < 4.78 is 0. The SMILES string of the molecule is O=C(O)C(c1ccc(Cl)c([N+](=O)[O-])c1)N1CCCC1. The Hall–Kier alpha value is -1.66. The molecule has 1 aliphatic heterocycles. The number of carboxylic acid groups (broad SMARTS) is 1. The highest BCUT2D eigenvalue weighted by Gasteiger charge is 2.30. The number of nitro groups is 1. The van der Waals surface area contributed by atoms with Crippen molar-refractivity contribution >= 4 is 23.3 Å². The summed E-state index contributed by atoms with van der Waals surface area (Å²) in [5.74, 6) is -1.00. The second kappa shape index (κ2) is 5.54. The fourth-order valence-electron chi connectivity index (χ4n) is 2.35. The van der Waals surface area contributed by atoms with Crippen LogP contribution in [0.3, 0.4) is 0 Å². The maximum absolute atomic E-state index is 11.4. The number of carboxylic acids is 1. The molecule has 1 unspecified atom stereocenters. The molecule has 6 nitrogen and oxygen atoms in total. The van der Waals surface area contributed by atoms with Gasteiger partial charge in [0.25, 0.3) is 5.69 Å². The minimum atomic E-state index is -1.00. The summed E-state index contributed by atoms with van der Waals surface area (Å²) in [5, 5.41) is 20.2. The number of carbonyl (C=O) groups is 1. The molecule has 19 heavy (non-hydrogen) atoms. The zero-order chi connectivity index (χ0) is 14.0. The first-order chi connectivity index (χ1) is 9.00. The number of halogens is 1. The third-order valence-electron chi connectivity index (χ3n) is 3.22. The first-order valence-electron chi connectivity index (χ1n) is 5.91. The Morgan fingerprint density at radius 1 is 1.42 bits per heavy atom. The largest absolute Gasteiger partial charge is 0.480 e. The van der Waals surface area contributed by atoms with Gasteiger partial charge in [-0.05, 0) is 37.6 Å². The van der Waals surface area contributed by atoms with Crippen molar-refractivity contribution in [1.82, 2.24) is 4.90 Å². The minimum absolute atomic E-state index is 0.0133. The van der Waals surface area contributed by atoms with Crippen LogP contribution in [0, 0.1) is 10.1 Å². The lowest BCUT2D eigenvalue weighted by Crippen LogP contribution is -2.31. The molecule has 0 amide bonds. The second-order valence-corrected chi connectivity index (χ2v) is 4.86. The van der Waals surface area contributed by atoms with Gasteiger partial charge in [0.15, 0.2) is 0 Å². The molecule has 7 heteroatoms. The van der Waals surface area contributed by atoms with E-state index < -0.39 is 16.9 Å². The lowest BCUT2D eigenvalue weighted by Gasteiger charge is -2.23. The molecule has 0 radical (unpaired) electrons. The summed E-state index contributed by atoms with van der Waals surface area (Å²) >= 11 is 5.73. The Morgan fingerprint density at radius 3 is 2.58 bits per heavy atom. The number of nitrogens with zero attached hydrogens (tertiary/aromatic N) is 2. The third-order valence-corrected chi connectivity index (χ3v) is 3.54. The van der Waals surface area contributed by atoms with Crippen molar-refractivity contribution in [2.75, 3.05) is 13.1 Å². The van der Waals surface area contributed by atoms with E-state index in [0.29, 0.717) is 18.7 Å². The second-order valence-electron chi connectivity index (χ2n) is 4.45. The van der Waals surface area contributed by atoms with Crippen molar-refractivity contribution in [1.29, 1.82) is 0 Å². The Labute approximate surface area is 114 Å². The van der Waals surface area contributed by atoms with E-state index in [1.165, 1.54) is 18.2 Å². The number of likely N-dealkylation sites (tertiary alicyclic amines) is 1. The van der Waals surface area contributed by atoms with Crippen LogP contribution in [0.1, 0.15) is 24.4 Å². The molecule has 1 fully saturated rings. The van der Waals surface area contributed by atoms with Gasteiger partial charge in [0.1, 0.15) is 11.1 Å². The quantitative estimate of drug-likeness (QED) is 0.678. The summed E-state index contributed by atoms with van der Waals surface area (Å²) in [4.78, 5) is 23.5. The lowest BCUT2D eigenvalue weighted by molar-refractivity contribution is -0.384. The molecule has 0 spiro atoms. The van der Waals surface area contributed by atoms with Crippen molar-refractivity contribution in [2.45, 2.75) is 18.9 Å². The summed E-state index contributed by atoms with van der Waals surface area (Å²) in [5.41, 5.74) is 0.134. The van der Waals surface area contributed by atoms with E-state index in [1.54, 1.807) is 0 Å². The van der Waals surface area contributed by atoms with Crippen molar-refractivity contribution in [3.05, 3.63) is 38.9 Å². The van der Waals surface area contributed by atoms with Crippen molar-refractivity contribution < 1.29 is 14.8 Å². The Morgan fingerprint density at radius 2 is 2.05 bits per heavy atom. The van der Waals surface area contributed by atoms with E-state index in [0.717, 1.165) is 12.8 Å². The molecule has 1 atom stereocenters. The molecule has 1 aromatic rings. The van der Waals surface area contributed by atoms with E-state index in [9.17, 15) is 20.0 Å². The molecule has 1 saturated heterocycles. The number of benzene rings is 1. The topological polar surface area (TPSA) is 83.7 Å². The summed E-state index contributed by atoms with van der Waals surface area (Å²) in [6, 6.07) is 3.31. The maximum atomic E-state index is 11.4. The van der Waals surface area contributed by atoms with Gasteiger partial charge in [0.05, 0.1) is 4.92 Å². The maximum Gasteiger partial charge on any atom is 0.325 e. The third kappa shape index (κ3) is 2.85. The Kier molecular flexibility index (Phi) is 4.01. The fraction of sp³-hybridized carbons (Fsp3) is 0.417. The highest BCUT2D eigenvalue weighted by Crippen LogP contribution is 2.31. The molecule has 0 bridgehead atoms. The highest BCUT2D eigenvalue weighted by atomic mass is 35.5. The smallest absolute Gasteiger partial charge is 0.325 e. The van der Waals surface area contributed by atoms with E-state index in [4.69, 9.17) is 11.6 Å². The number of nitro benzene ring substituents is 1. The van der Waals surface area contributed by atoms with Gasteiger partial charge >= 0.3 is 5.97 Å². The average Bonchev–Trinajstić information content (AvgIpc) is 2.84. The molecule has 0 aromatic heterocycles. The van der Waals surface area contributed by atoms with Crippen LogP contribution >= 0.6 is 11.6 Å². The Balaban J connectivity index is 2.39. The van der Waals surface area contributed by atoms with Crippen molar-refractivity contribution in [3.8, 4) is 0 Å². The van der Waals surface area contributed by atoms with Crippen LogP contribution in [-0.4, -0.2) is 34.0 Å². The van der Waals surface area contributed by atoms with Gasteiger partial charge in [-0.15, -0.1) is 0 Å². The lowest BCUT2D eigenvalue weighted by atomic mass is 10.0. The minimum Gasteiger partial charge on any atom is -0.480 e. The van der Waals surface area contributed by atoms with Crippen LogP contribution in [-0.2, 0) is 4.79 Å². The number of rotatable bonds is 4. The molecule has 1 N–H and O–H groups in total. The van der Waals surface area contributed by atoms with Gasteiger partial charge in [-0.25, -0.2) is 0 Å². The molecular weight excluding hydrogens is 272 g/mol. The first kappa shape index (κ1) is 13.8. The van der Waals surface area contributed by atoms with Gasteiger partial charge in [0.2, 0.25) is 0 Å². The van der Waals surface area contributed by atoms with Crippen LogP contribution in [0.2, 0.25) is 5.02 Å². The van der Waals surface area contributed by atoms with Crippen LogP contribution in [0.25, 0.3) is 0 Å². The first-order valence-corrected chi connectivity index (χ1v) is 6.29. The van der Waals surface area contributed by atoms with Gasteiger partial charge in [-0.2, -0.15) is 0 Å². The van der Waals surface area contributed by atoms with Gasteiger partial charge in [-0.3, -0.25) is 19.8 Å². The predicted octanol–water partition coefficient (Wildman–Crippen LogP) is 2.47. The number of aliphatic carboxylic acids is 1. The molecule has 1 aromatic carbocycles. The molecule has 1 heterocycles. The zero-order valence-corrected chi connectivity index (χ0v) is 10.8. The Bertz CT molecular complexity index is 514. The molecule has 102 valence electrons. The van der Waals surface area contributed by atoms with Gasteiger partial charge < -0.3 is 5.11 Å². The van der Waals surface area contributed by atoms with E-state index in [1.807, 2.05) is 4.90 Å². The summed E-state index contributed by atoms with van der Waals surface area (Å²) in [6.45, 7) is 1.38. The molecule has 1 aliphatic rings. The van der Waals surface area contributed by atoms with E-state index in [2.05, 4.69) is 0 Å². The fourth-order valence-corrected chi connectivity index (χ4v) is 2.54. The van der Waals surface area contributed by atoms with E-state index >= 15 is 0 Å². The van der Waals surface area contributed by atoms with Crippen LogP contribution in [0.5, 0.6) is 0 Å². The number of hydrogen-bond acceptors (Lipinski definition) is 4. The van der Waals surface area contributed by atoms with Crippen LogP contribution in [0.4, 0.5) is 5.69 Å². The molecule has 2 rings (SSSR count). The zero-order valence-electron chi connectivity index (χ0n) is 10.1. The molecule has 0 saturated carbocycles. The van der Waals surface area contributed by atoms with Crippen molar-refractivity contribution in [2.24, 2.45) is 0 Å². The standard InChI is InChI=1S/C12H13ClN2O4/c13-9-4-3-8(7-10(9)15(18)19)11(12(16)17)14-5-1-2-6-14/h3-4,7,11H,1-2,5-6H2,(H,16,17). The summed E-state index contributed by atoms with van der Waals surface area (Å²) in [6.07, 6.45) is 1.89. The highest BCUT2D eigenvalue weighted by molar-refractivity contribution is 6.32. The predicted molar refractivity (Wildman–Crippen MR) is 69.3 cm³/mol. The normalized spacial score (nSPS) is 17.3. The molecular formula is C12H13ClN2O4. The summed E-state index contributed by atoms with van der Waals surface area (Å²) in [7, 11) is 0. The van der Waals surface area contributed by atoms with Crippen LogP contribution in [0.15, 0.2) is 18.2 Å². The van der Waals surface area contributed by atoms with E-state index in [-0.39, 0.29) is 10.7 Å². The number of hydrogen-bond donors (Lipinski definition) is 1. The van der Waals surface area contributed by atoms with Gasteiger partial charge in [0, 0.05) is 6.07 Å². The van der Waals surface area contributed by atoms with Gasteiger partial charge in [-0.1, -0.05) is 17.7 Å². The van der Waals surface area contributed by atoms with Crippen LogP contribution < -0.4 is 0 Å². The monoisotopic (exact) mass is 284 g/mol.